The normalized spacial score (nSPS) is 9.80. The maximum Gasteiger partial charge on any atom is 0.513 e. The zero-order chi connectivity index (χ0) is 11.3. The number of carbonyl (C=O) groups excluding carboxylic acids is 1. The second-order valence-electron chi connectivity index (χ2n) is 3.25. The van der Waals surface area contributed by atoms with Crippen LogP contribution in [0.15, 0.2) is 18.2 Å². The van der Waals surface area contributed by atoms with E-state index in [9.17, 15) is 4.79 Å². The lowest BCUT2D eigenvalue weighted by Gasteiger charge is -2.07. The molecule has 0 fully saturated rings. The van der Waals surface area contributed by atoms with Crippen LogP contribution in [0.2, 0.25) is 0 Å². The van der Waals surface area contributed by atoms with Gasteiger partial charge >= 0.3 is 6.16 Å². The lowest BCUT2D eigenvalue weighted by Crippen LogP contribution is -2.07. The Morgan fingerprint density at radius 2 is 1.67 bits per heavy atom. The Kier molecular flexibility index (Phi) is 4.16. The number of methoxy groups -OCH3 is 1. The molecular formula is C12H16O3. The summed E-state index contributed by atoms with van der Waals surface area (Å²) in [5, 5.41) is 0. The Morgan fingerprint density at radius 3 is 2.07 bits per heavy atom. The number of hydrogen-bond acceptors (Lipinski definition) is 3. The summed E-state index contributed by atoms with van der Waals surface area (Å²) in [5.41, 5.74) is 2.32. The van der Waals surface area contributed by atoms with Crippen molar-refractivity contribution in [1.82, 2.24) is 0 Å². The number of aryl methyl sites for hydroxylation is 2. The summed E-state index contributed by atoms with van der Waals surface area (Å²) >= 11 is 0. The largest absolute Gasteiger partial charge is 0.513 e. The van der Waals surface area contributed by atoms with E-state index >= 15 is 0 Å². The van der Waals surface area contributed by atoms with E-state index in [0.29, 0.717) is 5.75 Å². The van der Waals surface area contributed by atoms with Gasteiger partial charge in [-0.25, -0.2) is 4.79 Å². The van der Waals surface area contributed by atoms with Crippen LogP contribution in [0.1, 0.15) is 25.0 Å². The SMILES string of the molecule is CCc1cc(CC)cc(OC(=O)OC)c1. The third-order valence-electron chi connectivity index (χ3n) is 2.21. The first-order valence-electron chi connectivity index (χ1n) is 5.08. The molecule has 1 rings (SSSR count). The van der Waals surface area contributed by atoms with Crippen molar-refractivity contribution in [3.8, 4) is 5.75 Å². The second kappa shape index (κ2) is 5.39. The molecule has 1 aromatic rings. The lowest BCUT2D eigenvalue weighted by molar-refractivity contribution is 0.121. The van der Waals surface area contributed by atoms with Gasteiger partial charge in [-0.05, 0) is 36.1 Å². The summed E-state index contributed by atoms with van der Waals surface area (Å²) in [6.45, 7) is 4.13. The molecule has 0 atom stereocenters. The highest BCUT2D eigenvalue weighted by Gasteiger charge is 2.05. The smallest absolute Gasteiger partial charge is 0.437 e. The fraction of sp³-hybridized carbons (Fsp3) is 0.417. The Labute approximate surface area is 90.0 Å². The zero-order valence-electron chi connectivity index (χ0n) is 9.37. The van der Waals surface area contributed by atoms with Crippen molar-refractivity contribution in [1.29, 1.82) is 0 Å². The number of benzene rings is 1. The van der Waals surface area contributed by atoms with E-state index in [4.69, 9.17) is 4.74 Å². The van der Waals surface area contributed by atoms with Crippen molar-refractivity contribution in [2.45, 2.75) is 26.7 Å². The lowest BCUT2D eigenvalue weighted by atomic mass is 10.1. The Hall–Kier alpha value is -1.51. The molecule has 0 saturated carbocycles. The minimum atomic E-state index is -0.676. The van der Waals surface area contributed by atoms with Crippen molar-refractivity contribution >= 4 is 6.16 Å². The van der Waals surface area contributed by atoms with Crippen LogP contribution in [0.4, 0.5) is 4.79 Å². The first-order chi connectivity index (χ1) is 7.19. The van der Waals surface area contributed by atoms with Crippen LogP contribution in [0.25, 0.3) is 0 Å². The minimum Gasteiger partial charge on any atom is -0.437 e. The predicted molar refractivity (Wildman–Crippen MR) is 58.2 cm³/mol. The van der Waals surface area contributed by atoms with Crippen molar-refractivity contribution in [3.05, 3.63) is 29.3 Å². The Morgan fingerprint density at radius 1 is 1.13 bits per heavy atom. The van der Waals surface area contributed by atoms with Gasteiger partial charge in [0.2, 0.25) is 0 Å². The molecule has 0 bridgehead atoms. The van der Waals surface area contributed by atoms with E-state index in [2.05, 4.69) is 24.7 Å². The van der Waals surface area contributed by atoms with Gasteiger partial charge in [-0.15, -0.1) is 0 Å². The van der Waals surface area contributed by atoms with Gasteiger partial charge in [0.05, 0.1) is 7.11 Å². The van der Waals surface area contributed by atoms with Gasteiger partial charge in [0.25, 0.3) is 0 Å². The molecule has 0 amide bonds. The average molecular weight is 208 g/mol. The van der Waals surface area contributed by atoms with Crippen molar-refractivity contribution < 1.29 is 14.3 Å². The van der Waals surface area contributed by atoms with Crippen molar-refractivity contribution in [2.24, 2.45) is 0 Å². The zero-order valence-corrected chi connectivity index (χ0v) is 9.37. The van der Waals surface area contributed by atoms with Crippen LogP contribution in [0, 0.1) is 0 Å². The molecule has 0 N–H and O–H groups in total. The molecule has 0 heterocycles. The summed E-state index contributed by atoms with van der Waals surface area (Å²) in [5.74, 6) is 0.554. The standard InChI is InChI=1S/C12H16O3/c1-4-9-6-10(5-2)8-11(7-9)15-12(13)14-3/h6-8H,4-5H2,1-3H3. The summed E-state index contributed by atoms with van der Waals surface area (Å²) in [4.78, 5) is 10.9. The summed E-state index contributed by atoms with van der Waals surface area (Å²) in [7, 11) is 1.30. The molecule has 3 heteroatoms. The summed E-state index contributed by atoms with van der Waals surface area (Å²) in [6.07, 6.45) is 1.17. The number of hydrogen-bond donors (Lipinski definition) is 0. The van der Waals surface area contributed by atoms with Crippen LogP contribution in [0.5, 0.6) is 5.75 Å². The monoisotopic (exact) mass is 208 g/mol. The predicted octanol–water partition coefficient (Wildman–Crippen LogP) is 2.96. The van der Waals surface area contributed by atoms with E-state index in [0.717, 1.165) is 24.0 Å². The second-order valence-corrected chi connectivity index (χ2v) is 3.25. The van der Waals surface area contributed by atoms with Crippen LogP contribution in [0.3, 0.4) is 0 Å². The van der Waals surface area contributed by atoms with Gasteiger partial charge in [0, 0.05) is 0 Å². The van der Waals surface area contributed by atoms with Gasteiger partial charge in [-0.1, -0.05) is 19.9 Å². The molecule has 0 aromatic heterocycles. The molecule has 0 saturated heterocycles. The van der Waals surface area contributed by atoms with Crippen molar-refractivity contribution in [3.63, 3.8) is 0 Å². The third kappa shape index (κ3) is 3.27. The molecule has 0 radical (unpaired) electrons. The van der Waals surface area contributed by atoms with E-state index in [1.807, 2.05) is 12.1 Å². The topological polar surface area (TPSA) is 35.5 Å². The highest BCUT2D eigenvalue weighted by molar-refractivity contribution is 5.63. The molecule has 15 heavy (non-hydrogen) atoms. The van der Waals surface area contributed by atoms with E-state index in [1.165, 1.54) is 7.11 Å². The van der Waals surface area contributed by atoms with Gasteiger partial charge in [0.15, 0.2) is 0 Å². The van der Waals surface area contributed by atoms with E-state index in [1.54, 1.807) is 0 Å². The van der Waals surface area contributed by atoms with Crippen LogP contribution in [-0.4, -0.2) is 13.3 Å². The molecule has 0 aliphatic rings. The number of ether oxygens (including phenoxy) is 2. The quantitative estimate of drug-likeness (QED) is 0.566. The Balaban J connectivity index is 2.91. The Bertz CT molecular complexity index is 322. The molecular weight excluding hydrogens is 192 g/mol. The van der Waals surface area contributed by atoms with Crippen LogP contribution >= 0.6 is 0 Å². The molecule has 1 aromatic carbocycles. The van der Waals surface area contributed by atoms with Gasteiger partial charge in [-0.3, -0.25) is 0 Å². The maximum atomic E-state index is 10.9. The molecule has 0 spiro atoms. The fourth-order valence-electron chi connectivity index (χ4n) is 1.33. The molecule has 0 unspecified atom stereocenters. The van der Waals surface area contributed by atoms with Gasteiger partial charge in [0.1, 0.15) is 5.75 Å². The van der Waals surface area contributed by atoms with Gasteiger partial charge < -0.3 is 9.47 Å². The molecule has 82 valence electrons. The summed E-state index contributed by atoms with van der Waals surface area (Å²) < 4.78 is 9.43. The molecule has 3 nitrogen and oxygen atoms in total. The van der Waals surface area contributed by atoms with E-state index < -0.39 is 6.16 Å². The van der Waals surface area contributed by atoms with Crippen molar-refractivity contribution in [2.75, 3.05) is 7.11 Å². The molecule has 0 aliphatic heterocycles. The first-order valence-corrected chi connectivity index (χ1v) is 5.08. The average Bonchev–Trinajstić information content (AvgIpc) is 2.28. The number of rotatable bonds is 3. The van der Waals surface area contributed by atoms with E-state index in [-0.39, 0.29) is 0 Å². The fourth-order valence-corrected chi connectivity index (χ4v) is 1.33. The van der Waals surface area contributed by atoms with Crippen LogP contribution < -0.4 is 4.74 Å². The van der Waals surface area contributed by atoms with Crippen LogP contribution in [-0.2, 0) is 17.6 Å². The third-order valence-corrected chi connectivity index (χ3v) is 2.21. The number of carbonyl (C=O) groups is 1. The highest BCUT2D eigenvalue weighted by atomic mass is 16.7. The maximum absolute atomic E-state index is 10.9. The minimum absolute atomic E-state index is 0.554. The van der Waals surface area contributed by atoms with Gasteiger partial charge in [-0.2, -0.15) is 0 Å². The first kappa shape index (κ1) is 11.6. The summed E-state index contributed by atoms with van der Waals surface area (Å²) in [6, 6.07) is 5.83. The molecule has 0 aliphatic carbocycles. The highest BCUT2D eigenvalue weighted by Crippen LogP contribution is 2.18.